The van der Waals surface area contributed by atoms with Crippen LogP contribution in [0.2, 0.25) is 0 Å². The second-order valence-corrected chi connectivity index (χ2v) is 5.10. The summed E-state index contributed by atoms with van der Waals surface area (Å²) in [6.45, 7) is 10.3. The van der Waals surface area contributed by atoms with Crippen molar-refractivity contribution < 1.29 is 37.3 Å². The van der Waals surface area contributed by atoms with E-state index in [2.05, 4.69) is 10.6 Å². The molecule has 4 N–H and O–H groups in total. The monoisotopic (exact) mass is 301 g/mol. The maximum atomic E-state index is 8.61. The Bertz CT molecular complexity index is 203. The van der Waals surface area contributed by atoms with Crippen LogP contribution in [0.1, 0.15) is 41.5 Å². The van der Waals surface area contributed by atoms with Crippen LogP contribution in [0.5, 0.6) is 0 Å². The van der Waals surface area contributed by atoms with Gasteiger partial charge in [0.2, 0.25) is 0 Å². The van der Waals surface area contributed by atoms with Crippen molar-refractivity contribution in [2.75, 3.05) is 0 Å². The van der Waals surface area contributed by atoms with Crippen molar-refractivity contribution in [2.24, 2.45) is 10.6 Å². The molecule has 0 bridgehead atoms. The van der Waals surface area contributed by atoms with Crippen LogP contribution in [0, 0.1) is 0 Å². The first-order valence-corrected chi connectivity index (χ1v) is 4.65. The Labute approximate surface area is 111 Å². The molecule has 1 radical (unpaired) electrons. The van der Waals surface area contributed by atoms with Gasteiger partial charge in [0.05, 0.1) is 11.1 Å². The third-order valence-electron chi connectivity index (χ3n) is 1.37. The summed E-state index contributed by atoms with van der Waals surface area (Å²) in [6, 6.07) is 0. The normalized spacial score (nSPS) is 10.4. The van der Waals surface area contributed by atoms with Crippen LogP contribution in [0.25, 0.3) is 0 Å². The fourth-order valence-corrected chi connectivity index (χ4v) is 0.268. The molecule has 17 heavy (non-hydrogen) atoms. The summed E-state index contributed by atoms with van der Waals surface area (Å²) >= 11 is 0. The second kappa shape index (κ2) is 8.35. The first-order valence-electron chi connectivity index (χ1n) is 4.65. The summed E-state index contributed by atoms with van der Waals surface area (Å²) < 4.78 is 0. The summed E-state index contributed by atoms with van der Waals surface area (Å²) in [6.07, 6.45) is 0. The first kappa shape index (κ1) is 21.5. The van der Waals surface area contributed by atoms with Gasteiger partial charge in [-0.25, -0.2) is 0 Å². The number of rotatable bonds is 2. The molecule has 0 aliphatic rings. The summed E-state index contributed by atoms with van der Waals surface area (Å²) in [5.74, 6) is 0. The first-order chi connectivity index (χ1) is 6.96. The Morgan fingerprint density at radius 2 is 0.941 bits per heavy atom. The molecule has 0 fully saturated rings. The van der Waals surface area contributed by atoms with Gasteiger partial charge in [-0.1, -0.05) is 10.3 Å². The van der Waals surface area contributed by atoms with Gasteiger partial charge in [-0.05, 0) is 41.5 Å². The van der Waals surface area contributed by atoms with E-state index >= 15 is 0 Å². The van der Waals surface area contributed by atoms with E-state index in [4.69, 9.17) is 20.2 Å². The van der Waals surface area contributed by atoms with Gasteiger partial charge in [0.1, 0.15) is 0 Å². The molecule has 0 amide bonds. The van der Waals surface area contributed by atoms with Crippen LogP contribution in [-0.4, -0.2) is 41.7 Å². The average Bonchev–Trinajstić information content (AvgIpc) is 2.13. The largest absolute Gasteiger partial charge is 0.273 e. The zero-order valence-corrected chi connectivity index (χ0v) is 11.8. The molecular formula is C8H22CuN4O4+2. The molecule has 0 aliphatic carbocycles. The topological polar surface area (TPSA) is 114 Å². The van der Waals surface area contributed by atoms with Gasteiger partial charge in [0.25, 0.3) is 10.6 Å². The number of nitrogens with zero attached hydrogens (tertiary/aromatic N) is 4. The second-order valence-electron chi connectivity index (χ2n) is 5.10. The molecule has 0 atom stereocenters. The van der Waals surface area contributed by atoms with E-state index in [1.807, 2.05) is 0 Å². The summed E-state index contributed by atoms with van der Waals surface area (Å²) in [7, 11) is 0. The van der Waals surface area contributed by atoms with E-state index in [1.165, 1.54) is 0 Å². The Morgan fingerprint density at radius 3 is 0.941 bits per heavy atom. The van der Waals surface area contributed by atoms with Crippen molar-refractivity contribution in [3.05, 3.63) is 0 Å². The van der Waals surface area contributed by atoms with E-state index in [0.29, 0.717) is 10.3 Å². The van der Waals surface area contributed by atoms with Gasteiger partial charge in [-0.15, -0.1) is 9.81 Å². The summed E-state index contributed by atoms with van der Waals surface area (Å²) in [4.78, 5) is 15.9. The van der Waals surface area contributed by atoms with Crippen LogP contribution in [0.3, 0.4) is 0 Å². The SMILES string of the molecule is CC(C)(C)N(O)N=[OH+].CC(C)(C)N(O)N=[OH+].[Cu]. The minimum atomic E-state index is -0.519. The van der Waals surface area contributed by atoms with Crippen LogP contribution in [-0.2, 0) is 17.1 Å². The molecule has 0 saturated heterocycles. The Balaban J connectivity index is -0.000000218. The third-order valence-corrected chi connectivity index (χ3v) is 1.37. The molecule has 0 aromatic heterocycles. The Kier molecular flexibility index (Phi) is 10.6. The number of hydrogen-bond donors (Lipinski definition) is 2. The third kappa shape index (κ3) is 11.5. The summed E-state index contributed by atoms with van der Waals surface area (Å²) in [5, 5.41) is 23.3. The van der Waals surface area contributed by atoms with Crippen LogP contribution in [0.15, 0.2) is 10.6 Å². The number of nitroso groups, excluding NO2 is 2. The van der Waals surface area contributed by atoms with Crippen molar-refractivity contribution in [3.8, 4) is 0 Å². The van der Waals surface area contributed by atoms with Crippen molar-refractivity contribution in [2.45, 2.75) is 52.6 Å². The zero-order chi connectivity index (χ0) is 13.6. The molecule has 0 rings (SSSR count). The van der Waals surface area contributed by atoms with Crippen molar-refractivity contribution in [3.63, 3.8) is 0 Å². The number of hydroxylamine groups is 2. The summed E-state index contributed by atoms with van der Waals surface area (Å²) in [5.41, 5.74) is -1.04. The molecule has 0 aliphatic heterocycles. The van der Waals surface area contributed by atoms with Gasteiger partial charge >= 0.3 is 0 Å². The van der Waals surface area contributed by atoms with Crippen molar-refractivity contribution in [1.29, 1.82) is 0 Å². The Hall–Kier alpha value is -0.761. The van der Waals surface area contributed by atoms with E-state index in [0.717, 1.165) is 0 Å². The minimum absolute atomic E-state index is 0. The molecule has 0 spiro atoms. The average molecular weight is 302 g/mol. The van der Waals surface area contributed by atoms with Gasteiger partial charge in [0, 0.05) is 17.1 Å². The fourth-order valence-electron chi connectivity index (χ4n) is 0.268. The molecule has 0 heterocycles. The van der Waals surface area contributed by atoms with E-state index in [9.17, 15) is 0 Å². The zero-order valence-electron chi connectivity index (χ0n) is 10.9. The van der Waals surface area contributed by atoms with Gasteiger partial charge in [-0.3, -0.25) is 10.4 Å². The fraction of sp³-hybridized carbons (Fsp3) is 1.00. The molecule has 8 nitrogen and oxygen atoms in total. The van der Waals surface area contributed by atoms with Crippen LogP contribution in [0.4, 0.5) is 0 Å². The maximum Gasteiger partial charge on any atom is 0.273 e. The van der Waals surface area contributed by atoms with Crippen molar-refractivity contribution >= 4 is 0 Å². The molecule has 0 aromatic rings. The standard InChI is InChI=1S/2C4H10N2O2.Cu/c2*1-4(2,3)6(8)5-7;/h2*8H,1-3H3;/p+2. The van der Waals surface area contributed by atoms with Crippen LogP contribution >= 0.6 is 0 Å². The predicted molar refractivity (Wildman–Crippen MR) is 55.5 cm³/mol. The van der Waals surface area contributed by atoms with E-state index in [1.54, 1.807) is 41.5 Å². The van der Waals surface area contributed by atoms with Crippen molar-refractivity contribution in [1.82, 2.24) is 10.3 Å². The van der Waals surface area contributed by atoms with E-state index in [-0.39, 0.29) is 17.1 Å². The molecular weight excluding hydrogens is 280 g/mol. The molecule has 107 valence electrons. The molecule has 0 aromatic carbocycles. The Morgan fingerprint density at radius 1 is 0.765 bits per heavy atom. The minimum Gasteiger partial charge on any atom is -0.265 e. The molecule has 9 heteroatoms. The smallest absolute Gasteiger partial charge is 0.265 e. The van der Waals surface area contributed by atoms with E-state index < -0.39 is 11.1 Å². The predicted octanol–water partition coefficient (Wildman–Crippen LogP) is 1.89. The van der Waals surface area contributed by atoms with Gasteiger partial charge in [0.15, 0.2) is 0 Å². The number of hydrogen-bond acceptors (Lipinski definition) is 4. The van der Waals surface area contributed by atoms with Gasteiger partial charge in [-0.2, -0.15) is 0 Å². The van der Waals surface area contributed by atoms with Gasteiger partial charge < -0.3 is 0 Å². The molecule has 0 saturated carbocycles. The quantitative estimate of drug-likeness (QED) is 0.460. The van der Waals surface area contributed by atoms with Crippen LogP contribution < -0.4 is 0 Å². The maximum absolute atomic E-state index is 8.61. The molecule has 0 unspecified atom stereocenters.